The predicted molar refractivity (Wildman–Crippen MR) is 70.8 cm³/mol. The quantitative estimate of drug-likeness (QED) is 0.795. The molecule has 1 aromatic carbocycles. The van der Waals surface area contributed by atoms with Crippen LogP contribution in [0.1, 0.15) is 12.0 Å². The molecule has 0 fully saturated rings. The number of carbonyl (C=O) groups excluding carboxylic acids is 1. The van der Waals surface area contributed by atoms with Gasteiger partial charge in [-0.1, -0.05) is 12.1 Å². The lowest BCUT2D eigenvalue weighted by molar-refractivity contribution is -0.116. The number of hydrogen-bond acceptors (Lipinski definition) is 3. The van der Waals surface area contributed by atoms with Crippen molar-refractivity contribution in [1.82, 2.24) is 0 Å². The Kier molecular flexibility index (Phi) is 5.96. The van der Waals surface area contributed by atoms with Crippen molar-refractivity contribution in [3.63, 3.8) is 0 Å². The zero-order valence-electron chi connectivity index (χ0n) is 9.53. The van der Waals surface area contributed by atoms with Gasteiger partial charge in [-0.25, -0.2) is 0 Å². The molecule has 0 spiro atoms. The van der Waals surface area contributed by atoms with Crippen LogP contribution in [0.3, 0.4) is 0 Å². The summed E-state index contributed by atoms with van der Waals surface area (Å²) < 4.78 is 0. The Bertz CT molecular complexity index is 324. The molecule has 0 aliphatic heterocycles. The van der Waals surface area contributed by atoms with Gasteiger partial charge in [0.25, 0.3) is 0 Å². The SMILES string of the molecule is CSCCc1ccc(NC(=O)CCN)cc1. The number of hydrogen-bond donors (Lipinski definition) is 2. The van der Waals surface area contributed by atoms with E-state index in [9.17, 15) is 4.79 Å². The molecule has 0 aromatic heterocycles. The molecule has 3 N–H and O–H groups in total. The fourth-order valence-corrected chi connectivity index (χ4v) is 1.77. The lowest BCUT2D eigenvalue weighted by Crippen LogP contribution is -2.16. The minimum Gasteiger partial charge on any atom is -0.330 e. The molecule has 0 heterocycles. The Morgan fingerprint density at radius 2 is 2.06 bits per heavy atom. The van der Waals surface area contributed by atoms with E-state index >= 15 is 0 Å². The summed E-state index contributed by atoms with van der Waals surface area (Å²) >= 11 is 1.83. The molecule has 0 aliphatic rings. The number of benzene rings is 1. The van der Waals surface area contributed by atoms with Crippen LogP contribution in [0.15, 0.2) is 24.3 Å². The van der Waals surface area contributed by atoms with Crippen LogP contribution < -0.4 is 11.1 Å². The monoisotopic (exact) mass is 238 g/mol. The minimum absolute atomic E-state index is 0.0284. The van der Waals surface area contributed by atoms with Crippen LogP contribution in [-0.2, 0) is 11.2 Å². The highest BCUT2D eigenvalue weighted by Crippen LogP contribution is 2.11. The molecule has 3 nitrogen and oxygen atoms in total. The first-order valence-electron chi connectivity index (χ1n) is 5.34. The third-order valence-electron chi connectivity index (χ3n) is 2.20. The number of thioether (sulfide) groups is 1. The van der Waals surface area contributed by atoms with E-state index in [0.29, 0.717) is 13.0 Å². The molecule has 0 saturated heterocycles. The second-order valence-electron chi connectivity index (χ2n) is 3.53. The summed E-state index contributed by atoms with van der Waals surface area (Å²) in [5, 5.41) is 2.80. The van der Waals surface area contributed by atoms with E-state index in [-0.39, 0.29) is 5.91 Å². The van der Waals surface area contributed by atoms with Crippen LogP contribution in [0, 0.1) is 0 Å². The van der Waals surface area contributed by atoms with Gasteiger partial charge in [-0.3, -0.25) is 4.79 Å². The van der Waals surface area contributed by atoms with Crippen LogP contribution in [0.4, 0.5) is 5.69 Å². The molecule has 0 atom stereocenters. The van der Waals surface area contributed by atoms with Gasteiger partial charge in [-0.05, 0) is 36.1 Å². The zero-order chi connectivity index (χ0) is 11.8. The number of amides is 1. The van der Waals surface area contributed by atoms with Gasteiger partial charge in [-0.15, -0.1) is 0 Å². The molecule has 0 unspecified atom stereocenters. The average molecular weight is 238 g/mol. The van der Waals surface area contributed by atoms with Crippen molar-refractivity contribution in [1.29, 1.82) is 0 Å². The molecule has 0 aliphatic carbocycles. The Balaban J connectivity index is 2.47. The van der Waals surface area contributed by atoms with Gasteiger partial charge in [0.15, 0.2) is 0 Å². The number of rotatable bonds is 6. The largest absolute Gasteiger partial charge is 0.330 e. The maximum absolute atomic E-state index is 11.3. The second-order valence-corrected chi connectivity index (χ2v) is 4.51. The number of aryl methyl sites for hydroxylation is 1. The first-order chi connectivity index (χ1) is 7.76. The summed E-state index contributed by atoms with van der Waals surface area (Å²) in [5.74, 6) is 1.10. The zero-order valence-corrected chi connectivity index (χ0v) is 10.3. The molecule has 88 valence electrons. The van der Waals surface area contributed by atoms with Crippen LogP contribution in [0.5, 0.6) is 0 Å². The van der Waals surface area contributed by atoms with Gasteiger partial charge in [0.2, 0.25) is 5.91 Å². The molecule has 1 rings (SSSR count). The van der Waals surface area contributed by atoms with Crippen LogP contribution in [0.2, 0.25) is 0 Å². The third kappa shape index (κ3) is 4.68. The van der Waals surface area contributed by atoms with E-state index in [1.807, 2.05) is 36.0 Å². The highest BCUT2D eigenvalue weighted by molar-refractivity contribution is 7.98. The van der Waals surface area contributed by atoms with Crippen LogP contribution >= 0.6 is 11.8 Å². The van der Waals surface area contributed by atoms with Crippen molar-refractivity contribution in [2.75, 3.05) is 23.9 Å². The van der Waals surface area contributed by atoms with Gasteiger partial charge < -0.3 is 11.1 Å². The van der Waals surface area contributed by atoms with Gasteiger partial charge >= 0.3 is 0 Å². The molecule has 0 radical (unpaired) electrons. The van der Waals surface area contributed by atoms with E-state index in [0.717, 1.165) is 17.9 Å². The smallest absolute Gasteiger partial charge is 0.225 e. The maximum Gasteiger partial charge on any atom is 0.225 e. The van der Waals surface area contributed by atoms with E-state index in [2.05, 4.69) is 11.6 Å². The van der Waals surface area contributed by atoms with Crippen molar-refractivity contribution in [2.45, 2.75) is 12.8 Å². The van der Waals surface area contributed by atoms with Crippen LogP contribution in [0.25, 0.3) is 0 Å². The van der Waals surface area contributed by atoms with Gasteiger partial charge in [0, 0.05) is 18.7 Å². The van der Waals surface area contributed by atoms with Crippen molar-refractivity contribution in [3.05, 3.63) is 29.8 Å². The first-order valence-corrected chi connectivity index (χ1v) is 6.73. The summed E-state index contributed by atoms with van der Waals surface area (Å²) in [4.78, 5) is 11.3. The summed E-state index contributed by atoms with van der Waals surface area (Å²) in [6, 6.07) is 7.97. The van der Waals surface area contributed by atoms with Crippen molar-refractivity contribution < 1.29 is 4.79 Å². The third-order valence-corrected chi connectivity index (χ3v) is 2.82. The lowest BCUT2D eigenvalue weighted by Gasteiger charge is -2.05. The predicted octanol–water partition coefficient (Wildman–Crippen LogP) is 1.88. The van der Waals surface area contributed by atoms with Gasteiger partial charge in [0.1, 0.15) is 0 Å². The Morgan fingerprint density at radius 1 is 1.38 bits per heavy atom. The summed E-state index contributed by atoms with van der Waals surface area (Å²) in [7, 11) is 0. The fourth-order valence-electron chi connectivity index (χ4n) is 1.33. The average Bonchev–Trinajstić information content (AvgIpc) is 2.28. The summed E-state index contributed by atoms with van der Waals surface area (Å²) in [5.41, 5.74) is 7.44. The lowest BCUT2D eigenvalue weighted by atomic mass is 10.1. The highest BCUT2D eigenvalue weighted by atomic mass is 32.2. The molecule has 1 aromatic rings. The fraction of sp³-hybridized carbons (Fsp3) is 0.417. The van der Waals surface area contributed by atoms with Crippen molar-refractivity contribution in [2.24, 2.45) is 5.73 Å². The van der Waals surface area contributed by atoms with Crippen LogP contribution in [-0.4, -0.2) is 24.5 Å². The van der Waals surface area contributed by atoms with Gasteiger partial charge in [0.05, 0.1) is 0 Å². The number of nitrogens with one attached hydrogen (secondary N) is 1. The van der Waals surface area contributed by atoms with E-state index in [4.69, 9.17) is 5.73 Å². The Hall–Kier alpha value is -1.00. The van der Waals surface area contributed by atoms with E-state index in [1.165, 1.54) is 5.56 Å². The second kappa shape index (κ2) is 7.30. The molecule has 0 saturated carbocycles. The first kappa shape index (κ1) is 13.1. The molecule has 4 heteroatoms. The van der Waals surface area contributed by atoms with E-state index < -0.39 is 0 Å². The number of anilines is 1. The molecule has 1 amide bonds. The van der Waals surface area contributed by atoms with Crippen molar-refractivity contribution in [3.8, 4) is 0 Å². The highest BCUT2D eigenvalue weighted by Gasteiger charge is 2.00. The standard InChI is InChI=1S/C12H18N2OS/c1-16-9-7-10-2-4-11(5-3-10)14-12(15)6-8-13/h2-5H,6-9,13H2,1H3,(H,14,15). The number of nitrogens with two attached hydrogens (primary N) is 1. The molecule has 0 bridgehead atoms. The topological polar surface area (TPSA) is 55.1 Å². The summed E-state index contributed by atoms with van der Waals surface area (Å²) in [6.07, 6.45) is 3.54. The Labute approximate surface area is 101 Å². The molecular formula is C12H18N2OS. The molecular weight excluding hydrogens is 220 g/mol. The maximum atomic E-state index is 11.3. The number of carbonyl (C=O) groups is 1. The van der Waals surface area contributed by atoms with E-state index in [1.54, 1.807) is 0 Å². The Morgan fingerprint density at radius 3 is 2.62 bits per heavy atom. The molecule has 16 heavy (non-hydrogen) atoms. The minimum atomic E-state index is -0.0284. The van der Waals surface area contributed by atoms with Gasteiger partial charge in [-0.2, -0.15) is 11.8 Å². The van der Waals surface area contributed by atoms with Crippen molar-refractivity contribution >= 4 is 23.4 Å². The normalized spacial score (nSPS) is 10.1. The summed E-state index contributed by atoms with van der Waals surface area (Å²) in [6.45, 7) is 0.387.